The van der Waals surface area contributed by atoms with Gasteiger partial charge in [-0.25, -0.2) is 4.79 Å². The van der Waals surface area contributed by atoms with Crippen LogP contribution >= 0.6 is 22.6 Å². The van der Waals surface area contributed by atoms with Crippen LogP contribution in [-0.4, -0.2) is 25.9 Å². The summed E-state index contributed by atoms with van der Waals surface area (Å²) in [5, 5.41) is 2.69. The van der Waals surface area contributed by atoms with Crippen LogP contribution < -0.4 is 14.8 Å². The molecule has 0 aliphatic carbocycles. The van der Waals surface area contributed by atoms with Gasteiger partial charge >= 0.3 is 6.09 Å². The number of rotatable bonds is 3. The van der Waals surface area contributed by atoms with E-state index in [2.05, 4.69) is 27.9 Å². The number of carbonyl (C=O) groups excluding carboxylic acids is 1. The molecule has 0 atom stereocenters. The van der Waals surface area contributed by atoms with Crippen LogP contribution in [0, 0.1) is 3.57 Å². The molecular formula is C13H18INO4. The van der Waals surface area contributed by atoms with E-state index in [-0.39, 0.29) is 0 Å². The highest BCUT2D eigenvalue weighted by Gasteiger charge is 2.18. The first-order valence-electron chi connectivity index (χ1n) is 5.68. The molecule has 5 nitrogen and oxygen atoms in total. The van der Waals surface area contributed by atoms with Crippen LogP contribution in [0.15, 0.2) is 12.1 Å². The standard InChI is InChI=1S/C13H18INO4/c1-13(2,3)19-12(16)15-9-6-8(17-4)7-10(18-5)11(9)14/h6-7H,1-5H3,(H,15,16). The number of methoxy groups -OCH3 is 2. The molecule has 1 N–H and O–H groups in total. The van der Waals surface area contributed by atoms with Crippen molar-refractivity contribution in [1.82, 2.24) is 0 Å². The minimum Gasteiger partial charge on any atom is -0.497 e. The van der Waals surface area contributed by atoms with Gasteiger partial charge in [-0.2, -0.15) is 0 Å². The molecule has 0 aliphatic rings. The van der Waals surface area contributed by atoms with Crippen molar-refractivity contribution in [2.24, 2.45) is 0 Å². The molecule has 1 rings (SSSR count). The predicted octanol–water partition coefficient (Wildman–Crippen LogP) is 3.66. The molecule has 0 unspecified atom stereocenters. The first-order valence-corrected chi connectivity index (χ1v) is 6.76. The van der Waals surface area contributed by atoms with Gasteiger partial charge in [0.2, 0.25) is 0 Å². The number of benzene rings is 1. The number of nitrogens with one attached hydrogen (secondary N) is 1. The summed E-state index contributed by atoms with van der Waals surface area (Å²) in [6, 6.07) is 3.47. The highest BCUT2D eigenvalue weighted by atomic mass is 127. The third-order valence-electron chi connectivity index (χ3n) is 2.10. The monoisotopic (exact) mass is 379 g/mol. The number of amides is 1. The third kappa shape index (κ3) is 4.77. The zero-order valence-electron chi connectivity index (χ0n) is 11.7. The molecule has 1 amide bonds. The highest BCUT2D eigenvalue weighted by Crippen LogP contribution is 2.33. The lowest BCUT2D eigenvalue weighted by Gasteiger charge is -2.20. The normalized spacial score (nSPS) is 10.8. The number of carbonyl (C=O) groups is 1. The van der Waals surface area contributed by atoms with Crippen molar-refractivity contribution in [3.63, 3.8) is 0 Å². The average Bonchev–Trinajstić information content (AvgIpc) is 2.29. The van der Waals surface area contributed by atoms with Crippen molar-refractivity contribution in [2.75, 3.05) is 19.5 Å². The van der Waals surface area contributed by atoms with Gasteiger partial charge in [-0.05, 0) is 43.4 Å². The fourth-order valence-electron chi connectivity index (χ4n) is 1.34. The second-order valence-electron chi connectivity index (χ2n) is 4.82. The Labute approximate surface area is 126 Å². The van der Waals surface area contributed by atoms with Gasteiger partial charge in [0, 0.05) is 12.1 Å². The zero-order chi connectivity index (χ0) is 14.6. The van der Waals surface area contributed by atoms with Gasteiger partial charge in [-0.3, -0.25) is 5.32 Å². The Morgan fingerprint density at radius 1 is 1.21 bits per heavy atom. The predicted molar refractivity (Wildman–Crippen MR) is 82.1 cm³/mol. The van der Waals surface area contributed by atoms with Crippen molar-refractivity contribution in [3.05, 3.63) is 15.7 Å². The Morgan fingerprint density at radius 3 is 2.32 bits per heavy atom. The fourth-order valence-corrected chi connectivity index (χ4v) is 2.01. The number of hydrogen-bond donors (Lipinski definition) is 1. The van der Waals surface area contributed by atoms with E-state index in [0.29, 0.717) is 17.2 Å². The molecule has 0 aromatic heterocycles. The van der Waals surface area contributed by atoms with Crippen molar-refractivity contribution in [2.45, 2.75) is 26.4 Å². The maximum Gasteiger partial charge on any atom is 0.412 e. The molecule has 0 bridgehead atoms. The SMILES string of the molecule is COc1cc(NC(=O)OC(C)(C)C)c(I)c(OC)c1. The van der Waals surface area contributed by atoms with E-state index in [9.17, 15) is 4.79 Å². The molecule has 1 aromatic carbocycles. The Bertz CT molecular complexity index is 468. The quantitative estimate of drug-likeness (QED) is 0.815. The van der Waals surface area contributed by atoms with E-state index in [1.807, 2.05) is 20.8 Å². The molecule has 0 fully saturated rings. The number of anilines is 1. The van der Waals surface area contributed by atoms with Gasteiger partial charge in [0.05, 0.1) is 23.5 Å². The van der Waals surface area contributed by atoms with E-state index < -0.39 is 11.7 Å². The van der Waals surface area contributed by atoms with Crippen LogP contribution in [0.5, 0.6) is 11.5 Å². The van der Waals surface area contributed by atoms with Crippen molar-refractivity contribution in [3.8, 4) is 11.5 Å². The van der Waals surface area contributed by atoms with E-state index in [1.54, 1.807) is 26.4 Å². The largest absolute Gasteiger partial charge is 0.497 e. The lowest BCUT2D eigenvalue weighted by atomic mass is 10.2. The fraction of sp³-hybridized carbons (Fsp3) is 0.462. The van der Waals surface area contributed by atoms with E-state index in [4.69, 9.17) is 14.2 Å². The summed E-state index contributed by atoms with van der Waals surface area (Å²) in [5.41, 5.74) is 0.0458. The maximum absolute atomic E-state index is 11.8. The lowest BCUT2D eigenvalue weighted by Crippen LogP contribution is -2.27. The van der Waals surface area contributed by atoms with Gasteiger partial charge in [-0.1, -0.05) is 0 Å². The Morgan fingerprint density at radius 2 is 1.84 bits per heavy atom. The van der Waals surface area contributed by atoms with E-state index in [0.717, 1.165) is 3.57 Å². The Hall–Kier alpha value is -1.18. The summed E-state index contributed by atoms with van der Waals surface area (Å²) < 4.78 is 16.4. The van der Waals surface area contributed by atoms with Gasteiger partial charge in [-0.15, -0.1) is 0 Å². The molecule has 0 heterocycles. The van der Waals surface area contributed by atoms with Crippen LogP contribution in [0.1, 0.15) is 20.8 Å². The second kappa shape index (κ2) is 6.31. The topological polar surface area (TPSA) is 56.8 Å². The minimum absolute atomic E-state index is 0.513. The molecule has 6 heteroatoms. The smallest absolute Gasteiger partial charge is 0.412 e. The first kappa shape index (κ1) is 15.9. The van der Waals surface area contributed by atoms with Crippen molar-refractivity contribution < 1.29 is 19.0 Å². The minimum atomic E-state index is -0.543. The van der Waals surface area contributed by atoms with E-state index in [1.165, 1.54) is 0 Å². The molecule has 0 saturated carbocycles. The first-order chi connectivity index (χ1) is 8.76. The molecule has 0 saturated heterocycles. The molecule has 0 aliphatic heterocycles. The Balaban J connectivity index is 2.97. The van der Waals surface area contributed by atoms with Crippen molar-refractivity contribution >= 4 is 34.4 Å². The van der Waals surface area contributed by atoms with Crippen molar-refractivity contribution in [1.29, 1.82) is 0 Å². The van der Waals surface area contributed by atoms with Crippen LogP contribution in [-0.2, 0) is 4.74 Å². The molecule has 0 radical (unpaired) electrons. The zero-order valence-corrected chi connectivity index (χ0v) is 13.8. The van der Waals surface area contributed by atoms with Gasteiger partial charge < -0.3 is 14.2 Å². The summed E-state index contributed by atoms with van der Waals surface area (Å²) in [4.78, 5) is 11.8. The molecule has 106 valence electrons. The molecule has 19 heavy (non-hydrogen) atoms. The summed E-state index contributed by atoms with van der Waals surface area (Å²) >= 11 is 2.09. The molecule has 1 aromatic rings. The van der Waals surface area contributed by atoms with Gasteiger partial charge in [0.15, 0.2) is 0 Å². The van der Waals surface area contributed by atoms with Crippen LogP contribution in [0.25, 0.3) is 0 Å². The summed E-state index contributed by atoms with van der Waals surface area (Å²) in [6.07, 6.45) is -0.513. The maximum atomic E-state index is 11.8. The lowest BCUT2D eigenvalue weighted by molar-refractivity contribution is 0.0636. The summed E-state index contributed by atoms with van der Waals surface area (Å²) in [5.74, 6) is 1.23. The van der Waals surface area contributed by atoms with Gasteiger partial charge in [0.1, 0.15) is 17.1 Å². The Kier molecular flexibility index (Phi) is 5.28. The number of ether oxygens (including phenoxy) is 3. The summed E-state index contributed by atoms with van der Waals surface area (Å²) in [7, 11) is 3.12. The number of halogens is 1. The molecular weight excluding hydrogens is 361 g/mol. The third-order valence-corrected chi connectivity index (χ3v) is 3.22. The summed E-state index contributed by atoms with van der Waals surface area (Å²) in [6.45, 7) is 5.43. The average molecular weight is 379 g/mol. The molecule has 0 spiro atoms. The van der Waals surface area contributed by atoms with E-state index >= 15 is 0 Å². The highest BCUT2D eigenvalue weighted by molar-refractivity contribution is 14.1. The second-order valence-corrected chi connectivity index (χ2v) is 5.90. The van der Waals surface area contributed by atoms with Gasteiger partial charge in [0.25, 0.3) is 0 Å². The van der Waals surface area contributed by atoms with Crippen LogP contribution in [0.2, 0.25) is 0 Å². The van der Waals surface area contributed by atoms with Crippen LogP contribution in [0.4, 0.5) is 10.5 Å². The van der Waals surface area contributed by atoms with Crippen LogP contribution in [0.3, 0.4) is 0 Å². The number of hydrogen-bond acceptors (Lipinski definition) is 4.